The minimum Gasteiger partial charge on any atom is -0.497 e. The number of para-hydroxylation sites is 2. The van der Waals surface area contributed by atoms with Crippen molar-refractivity contribution < 1.29 is 19.4 Å². The maximum Gasteiger partial charge on any atom is 0.165 e. The molecule has 64 heavy (non-hydrogen) atoms. The fourth-order valence-corrected chi connectivity index (χ4v) is 10.4. The number of benzene rings is 4. The second kappa shape index (κ2) is 16.9. The van der Waals surface area contributed by atoms with E-state index in [-0.39, 0.29) is 16.6 Å². The summed E-state index contributed by atoms with van der Waals surface area (Å²) in [5.41, 5.74) is 12.6. The zero-order chi connectivity index (χ0) is 44.9. The Bertz CT molecular complexity index is 3100. The lowest BCUT2D eigenvalue weighted by Crippen LogP contribution is -2.28. The Kier molecular flexibility index (Phi) is 11.3. The molecule has 0 saturated carbocycles. The van der Waals surface area contributed by atoms with Gasteiger partial charge in [0.2, 0.25) is 0 Å². The maximum absolute atomic E-state index is 13.4. The molecule has 0 saturated heterocycles. The van der Waals surface area contributed by atoms with Crippen LogP contribution >= 0.6 is 0 Å². The second-order valence-electron chi connectivity index (χ2n) is 19.1. The number of rotatable bonds is 10. The van der Waals surface area contributed by atoms with Gasteiger partial charge in [-0.15, -0.1) is 13.2 Å². The number of pyridine rings is 2. The summed E-state index contributed by atoms with van der Waals surface area (Å²) >= 11 is 0. The molecule has 0 fully saturated rings. The van der Waals surface area contributed by atoms with E-state index >= 15 is 0 Å². The minimum atomic E-state index is -0.512. The van der Waals surface area contributed by atoms with Gasteiger partial charge in [-0.3, -0.25) is 14.8 Å². The predicted octanol–water partition coefficient (Wildman–Crippen LogP) is 12.1. The lowest BCUT2D eigenvalue weighted by atomic mass is 9.74. The number of fused-ring (bicyclic) bond motifs is 10. The van der Waals surface area contributed by atoms with Crippen molar-refractivity contribution >= 4 is 49.4 Å². The summed E-state index contributed by atoms with van der Waals surface area (Å²) in [7, 11) is 3.36. The van der Waals surface area contributed by atoms with E-state index in [0.717, 1.165) is 115 Å². The molecule has 8 nitrogen and oxygen atoms in total. The number of carbonyl (C=O) groups excluding carboxylic acids is 1. The molecule has 1 atom stereocenters. The lowest BCUT2D eigenvalue weighted by molar-refractivity contribution is 0.0912. The number of ketones is 1. The third kappa shape index (κ3) is 7.78. The molecule has 1 N–H and O–H groups in total. The summed E-state index contributed by atoms with van der Waals surface area (Å²) in [6, 6.07) is 33.2. The highest BCUT2D eigenvalue weighted by atomic mass is 16.5. The molecular formula is C56H58N4O4. The molecule has 4 aromatic carbocycles. The molecule has 2 aliphatic carbocycles. The van der Waals surface area contributed by atoms with Gasteiger partial charge in [0.1, 0.15) is 11.5 Å². The van der Waals surface area contributed by atoms with Crippen LogP contribution in [0.1, 0.15) is 96.5 Å². The number of aliphatic hydroxyl groups excluding tert-OH is 1. The Balaban J connectivity index is 0.000000162. The summed E-state index contributed by atoms with van der Waals surface area (Å²) in [6.07, 6.45) is 7.71. The average Bonchev–Trinajstić information content (AvgIpc) is 3.77. The number of carbonyl (C=O) groups is 1. The molecular weight excluding hydrogens is 793 g/mol. The van der Waals surface area contributed by atoms with Crippen molar-refractivity contribution in [3.05, 3.63) is 167 Å². The number of hydrogen-bond acceptors (Lipinski definition) is 6. The van der Waals surface area contributed by atoms with Crippen LogP contribution in [0.5, 0.6) is 11.5 Å². The molecule has 1 unspecified atom stereocenters. The summed E-state index contributed by atoms with van der Waals surface area (Å²) < 4.78 is 15.2. The number of aliphatic hydroxyl groups is 1. The average molecular weight is 851 g/mol. The topological polar surface area (TPSA) is 91.4 Å². The molecule has 4 aromatic heterocycles. The highest BCUT2D eigenvalue weighted by Gasteiger charge is 2.37. The summed E-state index contributed by atoms with van der Waals surface area (Å²) in [5.74, 6) is 1.89. The Hall–Kier alpha value is -6.51. The van der Waals surface area contributed by atoms with E-state index in [0.29, 0.717) is 25.9 Å². The zero-order valence-corrected chi connectivity index (χ0v) is 38.0. The fourth-order valence-electron chi connectivity index (χ4n) is 10.4. The number of ether oxygens (including phenoxy) is 2. The van der Waals surface area contributed by atoms with Crippen LogP contribution in [0.25, 0.3) is 43.6 Å². The molecule has 4 heterocycles. The van der Waals surface area contributed by atoms with Gasteiger partial charge in [0.25, 0.3) is 0 Å². The van der Waals surface area contributed by atoms with Gasteiger partial charge in [-0.1, -0.05) is 101 Å². The molecule has 8 heteroatoms. The second-order valence-corrected chi connectivity index (χ2v) is 19.1. The number of Topliss-reactive ketones (excluding diaryl/α,β-unsaturated/α-hetero) is 1. The minimum absolute atomic E-state index is 0.0178. The van der Waals surface area contributed by atoms with Crippen LogP contribution in [0.15, 0.2) is 122 Å². The van der Waals surface area contributed by atoms with Gasteiger partial charge in [-0.25, -0.2) is 0 Å². The van der Waals surface area contributed by atoms with E-state index in [4.69, 9.17) is 19.4 Å². The van der Waals surface area contributed by atoms with Crippen molar-refractivity contribution in [2.75, 3.05) is 14.2 Å². The standard InChI is InChI=1S/C28H30N2O2.C28H28N2O2/c2*1-5-14-30-23-9-7-6-8-20(23)25-26-22(16-28(2,3)17-24(26)31)29-21(27(25)30)15-18-10-12-19(32-4)13-11-18/h5-13,24,31H,1,14-17H2,2-4H3;5-13H,1,14-17H2,2-4H3. The van der Waals surface area contributed by atoms with Crippen LogP contribution in [-0.2, 0) is 38.8 Å². The van der Waals surface area contributed by atoms with Crippen LogP contribution in [0.2, 0.25) is 0 Å². The Morgan fingerprint density at radius 1 is 0.656 bits per heavy atom. The largest absolute Gasteiger partial charge is 0.497 e. The lowest BCUT2D eigenvalue weighted by Gasteiger charge is -2.35. The van der Waals surface area contributed by atoms with Crippen molar-refractivity contribution in [2.45, 2.75) is 85.4 Å². The van der Waals surface area contributed by atoms with Crippen molar-refractivity contribution in [3.63, 3.8) is 0 Å². The highest BCUT2D eigenvalue weighted by molar-refractivity contribution is 6.20. The van der Waals surface area contributed by atoms with Gasteiger partial charge in [0, 0.05) is 81.8 Å². The molecule has 8 aromatic rings. The number of allylic oxidation sites excluding steroid dienone is 2. The van der Waals surface area contributed by atoms with Crippen molar-refractivity contribution in [1.82, 2.24) is 19.1 Å². The number of methoxy groups -OCH3 is 2. The monoisotopic (exact) mass is 850 g/mol. The van der Waals surface area contributed by atoms with E-state index in [1.807, 2.05) is 42.5 Å². The van der Waals surface area contributed by atoms with Crippen molar-refractivity contribution in [1.29, 1.82) is 0 Å². The van der Waals surface area contributed by atoms with E-state index < -0.39 is 6.10 Å². The van der Waals surface area contributed by atoms with Crippen molar-refractivity contribution in [2.24, 2.45) is 10.8 Å². The van der Waals surface area contributed by atoms with Gasteiger partial charge in [0.05, 0.1) is 48.4 Å². The van der Waals surface area contributed by atoms with Crippen LogP contribution in [0, 0.1) is 10.8 Å². The Morgan fingerprint density at radius 3 is 1.64 bits per heavy atom. The third-order valence-corrected chi connectivity index (χ3v) is 13.1. The molecule has 0 amide bonds. The predicted molar refractivity (Wildman–Crippen MR) is 260 cm³/mol. The summed E-state index contributed by atoms with van der Waals surface area (Å²) in [4.78, 5) is 23.8. The first-order valence-corrected chi connectivity index (χ1v) is 22.4. The molecule has 0 radical (unpaired) electrons. The SMILES string of the molecule is C=CCn1c2ccccc2c2c3c(nc(Cc4ccc(OC)cc4)c21)CC(C)(C)CC3=O.C=CCn1c2ccccc2c2c3c(nc(Cc4ccc(OC)cc4)c21)CC(C)(C)CC3O. The first-order chi connectivity index (χ1) is 30.8. The van der Waals surface area contributed by atoms with E-state index in [9.17, 15) is 9.90 Å². The van der Waals surface area contributed by atoms with Crippen LogP contribution in [-0.4, -0.2) is 44.2 Å². The number of nitrogens with zero attached hydrogens (tertiary/aromatic N) is 4. The van der Waals surface area contributed by atoms with Crippen molar-refractivity contribution in [3.8, 4) is 11.5 Å². The van der Waals surface area contributed by atoms with Crippen LogP contribution < -0.4 is 9.47 Å². The van der Waals surface area contributed by atoms with Crippen LogP contribution in [0.3, 0.4) is 0 Å². The maximum atomic E-state index is 13.4. The normalized spacial score (nSPS) is 16.3. The fraction of sp³-hybridized carbons (Fsp3) is 0.304. The quantitative estimate of drug-likeness (QED) is 0.138. The van der Waals surface area contributed by atoms with Gasteiger partial charge < -0.3 is 23.7 Å². The van der Waals surface area contributed by atoms with Gasteiger partial charge in [-0.05, 0) is 77.6 Å². The summed E-state index contributed by atoms with van der Waals surface area (Å²) in [5, 5.41) is 15.7. The third-order valence-electron chi connectivity index (χ3n) is 13.1. The van der Waals surface area contributed by atoms with Gasteiger partial charge >= 0.3 is 0 Å². The smallest absolute Gasteiger partial charge is 0.165 e. The van der Waals surface area contributed by atoms with Crippen LogP contribution in [0.4, 0.5) is 0 Å². The van der Waals surface area contributed by atoms with Gasteiger partial charge in [0.15, 0.2) is 5.78 Å². The number of aromatic nitrogens is 4. The number of hydrogen-bond donors (Lipinski definition) is 1. The molecule has 10 rings (SSSR count). The first kappa shape index (κ1) is 42.8. The zero-order valence-electron chi connectivity index (χ0n) is 38.0. The molecule has 0 bridgehead atoms. The molecule has 326 valence electrons. The first-order valence-electron chi connectivity index (χ1n) is 22.4. The Labute approximate surface area is 375 Å². The van der Waals surface area contributed by atoms with Gasteiger partial charge in [-0.2, -0.15) is 0 Å². The van der Waals surface area contributed by atoms with E-state index in [1.54, 1.807) is 14.2 Å². The molecule has 2 aliphatic rings. The van der Waals surface area contributed by atoms with E-state index in [2.05, 4.69) is 117 Å². The molecule has 0 spiro atoms. The van der Waals surface area contributed by atoms with E-state index in [1.165, 1.54) is 10.9 Å². The Morgan fingerprint density at radius 2 is 1.12 bits per heavy atom. The summed E-state index contributed by atoms with van der Waals surface area (Å²) in [6.45, 7) is 18.1. The highest BCUT2D eigenvalue weighted by Crippen LogP contribution is 2.47. The molecule has 0 aliphatic heterocycles.